The number of benzene rings is 1. The van der Waals surface area contributed by atoms with Crippen LogP contribution in [0.2, 0.25) is 0 Å². The number of rotatable bonds is 0. The van der Waals surface area contributed by atoms with Gasteiger partial charge in [-0.05, 0) is 37.0 Å². The van der Waals surface area contributed by atoms with Crippen molar-refractivity contribution in [3.63, 3.8) is 0 Å². The van der Waals surface area contributed by atoms with Crippen molar-refractivity contribution in [1.29, 1.82) is 0 Å². The molecule has 25 heavy (non-hydrogen) atoms. The molecule has 5 rings (SSSR count). The molecule has 3 heterocycles. The molecule has 0 radical (unpaired) electrons. The second-order valence-electron chi connectivity index (χ2n) is 7.66. The van der Waals surface area contributed by atoms with Gasteiger partial charge in [-0.1, -0.05) is 24.3 Å². The molecule has 3 fully saturated rings. The summed E-state index contributed by atoms with van der Waals surface area (Å²) in [6, 6.07) is 8.07. The number of amides is 1. The summed E-state index contributed by atoms with van der Waals surface area (Å²) in [7, 11) is 1.44. The highest BCUT2D eigenvalue weighted by molar-refractivity contribution is 5.98. The first-order valence-corrected chi connectivity index (χ1v) is 8.99. The van der Waals surface area contributed by atoms with Gasteiger partial charge in [-0.3, -0.25) is 14.6 Å². The Balaban J connectivity index is 1.80. The van der Waals surface area contributed by atoms with Crippen LogP contribution < -0.4 is 4.90 Å². The molecule has 2 saturated heterocycles. The molecule has 1 amide bonds. The minimum Gasteiger partial charge on any atom is -0.452 e. The van der Waals surface area contributed by atoms with Gasteiger partial charge in [0.1, 0.15) is 11.4 Å². The molecule has 1 aromatic carbocycles. The van der Waals surface area contributed by atoms with Crippen LogP contribution in [0.15, 0.2) is 35.9 Å². The molecule has 1 aliphatic carbocycles. The maximum absolute atomic E-state index is 13.1. The molecule has 0 N–H and O–H groups in total. The molecule has 3 atom stereocenters. The van der Waals surface area contributed by atoms with Crippen molar-refractivity contribution in [1.82, 2.24) is 4.90 Å². The number of fused-ring (bicyclic) bond motifs is 2. The first-order chi connectivity index (χ1) is 12.1. The first-order valence-electron chi connectivity index (χ1n) is 8.99. The molecule has 3 unspecified atom stereocenters. The van der Waals surface area contributed by atoms with Crippen LogP contribution in [0.1, 0.15) is 31.7 Å². The highest BCUT2D eigenvalue weighted by Gasteiger charge is 2.74. The van der Waals surface area contributed by atoms with E-state index < -0.39 is 5.66 Å². The van der Waals surface area contributed by atoms with Crippen molar-refractivity contribution in [3.05, 3.63) is 41.5 Å². The van der Waals surface area contributed by atoms with Gasteiger partial charge in [-0.2, -0.15) is 0 Å². The van der Waals surface area contributed by atoms with Crippen molar-refractivity contribution in [2.75, 3.05) is 25.1 Å². The molecule has 1 aromatic rings. The summed E-state index contributed by atoms with van der Waals surface area (Å²) in [4.78, 5) is 30.2. The molecule has 5 nitrogen and oxygen atoms in total. The number of allylic oxidation sites excluding steroid dienone is 1. The second-order valence-corrected chi connectivity index (χ2v) is 7.66. The summed E-state index contributed by atoms with van der Waals surface area (Å²) in [6.07, 6.45) is 3.86. The molecule has 1 spiro atoms. The highest BCUT2D eigenvalue weighted by Crippen LogP contribution is 2.66. The Labute approximate surface area is 147 Å². The molecule has 130 valence electrons. The summed E-state index contributed by atoms with van der Waals surface area (Å²) in [5.74, 6) is 0.251. The van der Waals surface area contributed by atoms with Crippen molar-refractivity contribution in [2.24, 2.45) is 5.92 Å². The van der Waals surface area contributed by atoms with Crippen LogP contribution in [0.25, 0.3) is 0 Å². The SMILES string of the molecule is C/C=C1/CN2CCC34CC(=O)C1CC23N(C(=O)OC)c1ccccc14. The largest absolute Gasteiger partial charge is 0.452 e. The van der Waals surface area contributed by atoms with E-state index in [9.17, 15) is 9.59 Å². The molecular formula is C20H22N2O3. The lowest BCUT2D eigenvalue weighted by molar-refractivity contribution is -0.131. The number of piperidine rings is 1. The Morgan fingerprint density at radius 3 is 2.92 bits per heavy atom. The monoisotopic (exact) mass is 338 g/mol. The number of nitrogens with zero attached hydrogens (tertiary/aromatic N) is 2. The molecule has 1 saturated carbocycles. The third kappa shape index (κ3) is 1.50. The standard InChI is InChI=1S/C20H22N2O3/c1-3-13-12-21-9-8-19-11-17(23)14(13)10-20(19,21)22(18(24)25-2)16-7-5-4-6-15(16)19/h3-7,14H,8-12H2,1-2H3/b13-3-. The van der Waals surface area contributed by atoms with Gasteiger partial charge in [0.15, 0.2) is 0 Å². The van der Waals surface area contributed by atoms with Gasteiger partial charge in [-0.25, -0.2) is 4.79 Å². The number of ether oxygens (including phenoxy) is 1. The van der Waals surface area contributed by atoms with Crippen LogP contribution in [-0.2, 0) is 14.9 Å². The lowest BCUT2D eigenvalue weighted by Crippen LogP contribution is -2.71. The minimum atomic E-state index is -0.463. The van der Waals surface area contributed by atoms with Crippen molar-refractivity contribution >= 4 is 17.6 Å². The predicted octanol–water partition coefficient (Wildman–Crippen LogP) is 2.85. The van der Waals surface area contributed by atoms with Gasteiger partial charge in [0.05, 0.1) is 12.8 Å². The van der Waals surface area contributed by atoms with Crippen molar-refractivity contribution in [2.45, 2.75) is 37.3 Å². The Bertz CT molecular complexity index is 832. The molecule has 2 bridgehead atoms. The number of para-hydroxylation sites is 1. The van der Waals surface area contributed by atoms with Crippen LogP contribution in [0, 0.1) is 5.92 Å². The van der Waals surface area contributed by atoms with Gasteiger partial charge < -0.3 is 4.74 Å². The summed E-state index contributed by atoms with van der Waals surface area (Å²) < 4.78 is 5.19. The van der Waals surface area contributed by atoms with E-state index in [-0.39, 0.29) is 17.4 Å². The van der Waals surface area contributed by atoms with E-state index in [1.54, 1.807) is 0 Å². The van der Waals surface area contributed by atoms with E-state index in [0.717, 1.165) is 30.8 Å². The maximum Gasteiger partial charge on any atom is 0.415 e. The zero-order chi connectivity index (χ0) is 17.4. The maximum atomic E-state index is 13.1. The van der Waals surface area contributed by atoms with Crippen LogP contribution >= 0.6 is 0 Å². The lowest BCUT2D eigenvalue weighted by Gasteiger charge is -2.57. The van der Waals surface area contributed by atoms with Gasteiger partial charge in [0.25, 0.3) is 0 Å². The van der Waals surface area contributed by atoms with Crippen LogP contribution in [0.4, 0.5) is 10.5 Å². The quantitative estimate of drug-likeness (QED) is 0.683. The van der Waals surface area contributed by atoms with Gasteiger partial charge >= 0.3 is 6.09 Å². The van der Waals surface area contributed by atoms with E-state index in [1.165, 1.54) is 12.7 Å². The summed E-state index contributed by atoms with van der Waals surface area (Å²) in [5, 5.41) is 0. The second kappa shape index (κ2) is 4.73. The first kappa shape index (κ1) is 15.1. The number of hydrogen-bond donors (Lipinski definition) is 0. The fourth-order valence-electron chi connectivity index (χ4n) is 6.06. The number of ketones is 1. The molecular weight excluding hydrogens is 316 g/mol. The fraction of sp³-hybridized carbons (Fsp3) is 0.500. The molecule has 0 aromatic heterocycles. The highest BCUT2D eigenvalue weighted by atomic mass is 16.5. The van der Waals surface area contributed by atoms with E-state index in [4.69, 9.17) is 4.74 Å². The average Bonchev–Trinajstić information content (AvgIpc) is 3.09. The zero-order valence-corrected chi connectivity index (χ0v) is 14.6. The smallest absolute Gasteiger partial charge is 0.415 e. The number of Topliss-reactive ketones (excluding diaryl/α,β-unsaturated/α-hetero) is 1. The Morgan fingerprint density at radius 2 is 2.16 bits per heavy atom. The third-order valence-corrected chi connectivity index (χ3v) is 7.03. The molecule has 3 aliphatic heterocycles. The Kier molecular flexibility index (Phi) is 2.86. The van der Waals surface area contributed by atoms with Gasteiger partial charge in [0.2, 0.25) is 0 Å². The Morgan fingerprint density at radius 1 is 1.36 bits per heavy atom. The number of carbonyl (C=O) groups is 2. The fourth-order valence-corrected chi connectivity index (χ4v) is 6.06. The zero-order valence-electron chi connectivity index (χ0n) is 14.6. The number of methoxy groups -OCH3 is 1. The van der Waals surface area contributed by atoms with Gasteiger partial charge in [0, 0.05) is 30.8 Å². The van der Waals surface area contributed by atoms with Crippen molar-refractivity contribution in [3.8, 4) is 0 Å². The van der Waals surface area contributed by atoms with E-state index in [1.807, 2.05) is 30.0 Å². The number of carbonyl (C=O) groups excluding carboxylic acids is 2. The number of hydrogen-bond acceptors (Lipinski definition) is 4. The topological polar surface area (TPSA) is 49.9 Å². The van der Waals surface area contributed by atoms with Crippen molar-refractivity contribution < 1.29 is 14.3 Å². The van der Waals surface area contributed by atoms with Crippen LogP contribution in [0.5, 0.6) is 0 Å². The summed E-state index contributed by atoms with van der Waals surface area (Å²) >= 11 is 0. The van der Waals surface area contributed by atoms with Crippen LogP contribution in [-0.4, -0.2) is 42.6 Å². The number of anilines is 1. The van der Waals surface area contributed by atoms with E-state index in [0.29, 0.717) is 18.6 Å². The molecule has 5 heteroatoms. The van der Waals surface area contributed by atoms with E-state index >= 15 is 0 Å². The molecule has 4 aliphatic rings. The predicted molar refractivity (Wildman–Crippen MR) is 93.4 cm³/mol. The normalized spacial score (nSPS) is 37.2. The summed E-state index contributed by atoms with van der Waals surface area (Å²) in [6.45, 7) is 3.68. The Hall–Kier alpha value is -2.14. The summed E-state index contributed by atoms with van der Waals surface area (Å²) in [5.41, 5.74) is 2.49. The average molecular weight is 338 g/mol. The lowest BCUT2D eigenvalue weighted by atomic mass is 9.58. The van der Waals surface area contributed by atoms with Gasteiger partial charge in [-0.15, -0.1) is 0 Å². The third-order valence-electron chi connectivity index (χ3n) is 7.03. The minimum absolute atomic E-state index is 0.0751. The van der Waals surface area contributed by atoms with E-state index in [2.05, 4.69) is 17.0 Å². The van der Waals surface area contributed by atoms with Crippen LogP contribution in [0.3, 0.4) is 0 Å².